The fourth-order valence-corrected chi connectivity index (χ4v) is 2.42. The molecule has 0 unspecified atom stereocenters. The molecule has 0 spiro atoms. The number of benzene rings is 2. The van der Waals surface area contributed by atoms with Crippen molar-refractivity contribution >= 4 is 5.91 Å². The summed E-state index contributed by atoms with van der Waals surface area (Å²) in [7, 11) is 0. The first kappa shape index (κ1) is 17.6. The third-order valence-corrected chi connectivity index (χ3v) is 3.85. The molecule has 1 amide bonds. The summed E-state index contributed by atoms with van der Waals surface area (Å²) in [5, 5.41) is 2.84. The lowest BCUT2D eigenvalue weighted by Gasteiger charge is -2.09. The van der Waals surface area contributed by atoms with Gasteiger partial charge in [0.05, 0.1) is 0 Å². The van der Waals surface area contributed by atoms with Crippen LogP contribution in [-0.4, -0.2) is 10.9 Å². The predicted octanol–water partition coefficient (Wildman–Crippen LogP) is 4.04. The van der Waals surface area contributed by atoms with Crippen molar-refractivity contribution in [3.8, 4) is 5.75 Å². The number of aryl methyl sites for hydroxylation is 1. The number of nitrogens with one attached hydrogen (secondary N) is 1. The molecule has 0 aliphatic rings. The Bertz CT molecular complexity index is 895. The van der Waals surface area contributed by atoms with E-state index in [0.29, 0.717) is 23.6 Å². The zero-order valence-corrected chi connectivity index (χ0v) is 14.4. The largest absolute Gasteiger partial charge is 0.489 e. The van der Waals surface area contributed by atoms with Gasteiger partial charge in [-0.25, -0.2) is 9.37 Å². The second-order valence-electron chi connectivity index (χ2n) is 5.87. The molecule has 2 aromatic carbocycles. The highest BCUT2D eigenvalue weighted by atomic mass is 19.1. The Kier molecular flexibility index (Phi) is 5.59. The zero-order chi connectivity index (χ0) is 18.4. The van der Waals surface area contributed by atoms with E-state index in [2.05, 4.69) is 10.3 Å². The number of ether oxygens (including phenoxy) is 1. The van der Waals surface area contributed by atoms with Crippen LogP contribution in [0.15, 0.2) is 66.7 Å². The van der Waals surface area contributed by atoms with E-state index in [-0.39, 0.29) is 18.3 Å². The maximum Gasteiger partial charge on any atom is 0.270 e. The first-order valence-electron chi connectivity index (χ1n) is 8.29. The number of aromatic nitrogens is 1. The van der Waals surface area contributed by atoms with Crippen molar-refractivity contribution in [3.05, 3.63) is 95.1 Å². The number of halogens is 1. The van der Waals surface area contributed by atoms with Crippen LogP contribution in [0.4, 0.5) is 4.39 Å². The number of rotatable bonds is 6. The van der Waals surface area contributed by atoms with E-state index in [9.17, 15) is 9.18 Å². The molecule has 1 aromatic heterocycles. The van der Waals surface area contributed by atoms with Crippen LogP contribution in [0.3, 0.4) is 0 Å². The van der Waals surface area contributed by atoms with Crippen molar-refractivity contribution in [2.45, 2.75) is 20.1 Å². The maximum absolute atomic E-state index is 13.6. The summed E-state index contributed by atoms with van der Waals surface area (Å²) in [5.74, 6) is 0.147. The van der Waals surface area contributed by atoms with Gasteiger partial charge in [0, 0.05) is 17.8 Å². The third-order valence-electron chi connectivity index (χ3n) is 3.85. The molecular weight excluding hydrogens is 331 g/mol. The lowest BCUT2D eigenvalue weighted by molar-refractivity contribution is 0.0945. The fourth-order valence-electron chi connectivity index (χ4n) is 2.42. The smallest absolute Gasteiger partial charge is 0.270 e. The average molecular weight is 350 g/mol. The molecule has 3 aromatic rings. The number of carbonyl (C=O) groups excluding carboxylic acids is 1. The summed E-state index contributed by atoms with van der Waals surface area (Å²) in [5.41, 5.74) is 2.64. The monoisotopic (exact) mass is 350 g/mol. The average Bonchev–Trinajstić information content (AvgIpc) is 2.66. The van der Waals surface area contributed by atoms with E-state index in [4.69, 9.17) is 4.74 Å². The molecule has 0 saturated heterocycles. The zero-order valence-electron chi connectivity index (χ0n) is 14.4. The van der Waals surface area contributed by atoms with E-state index in [1.54, 1.807) is 42.5 Å². The van der Waals surface area contributed by atoms with Crippen LogP contribution in [0.5, 0.6) is 5.75 Å². The van der Waals surface area contributed by atoms with Gasteiger partial charge >= 0.3 is 0 Å². The van der Waals surface area contributed by atoms with Crippen molar-refractivity contribution in [1.82, 2.24) is 10.3 Å². The summed E-state index contributed by atoms with van der Waals surface area (Å²) in [6.45, 7) is 2.40. The molecule has 0 aliphatic heterocycles. The number of carbonyl (C=O) groups is 1. The van der Waals surface area contributed by atoms with Crippen molar-refractivity contribution in [2.75, 3.05) is 0 Å². The molecule has 1 heterocycles. The van der Waals surface area contributed by atoms with Gasteiger partial charge in [0.1, 0.15) is 23.9 Å². The van der Waals surface area contributed by atoms with Crippen LogP contribution < -0.4 is 10.1 Å². The minimum absolute atomic E-state index is 0.168. The molecule has 132 valence electrons. The molecule has 0 bridgehead atoms. The highest BCUT2D eigenvalue weighted by molar-refractivity contribution is 5.92. The van der Waals surface area contributed by atoms with Gasteiger partial charge in [-0.05, 0) is 42.8 Å². The van der Waals surface area contributed by atoms with Crippen LogP contribution in [-0.2, 0) is 13.2 Å². The van der Waals surface area contributed by atoms with Gasteiger partial charge in [-0.3, -0.25) is 4.79 Å². The minimum atomic E-state index is -0.281. The highest BCUT2D eigenvalue weighted by Gasteiger charge is 2.07. The summed E-state index contributed by atoms with van der Waals surface area (Å²) in [6, 6.07) is 19.2. The van der Waals surface area contributed by atoms with E-state index in [0.717, 1.165) is 11.3 Å². The van der Waals surface area contributed by atoms with Crippen LogP contribution in [0.25, 0.3) is 0 Å². The Labute approximate surface area is 151 Å². The predicted molar refractivity (Wildman–Crippen MR) is 97.3 cm³/mol. The van der Waals surface area contributed by atoms with Gasteiger partial charge in [0.15, 0.2) is 0 Å². The van der Waals surface area contributed by atoms with E-state index in [1.807, 2.05) is 25.1 Å². The number of hydrogen-bond donors (Lipinski definition) is 1. The van der Waals surface area contributed by atoms with Gasteiger partial charge in [-0.2, -0.15) is 0 Å². The van der Waals surface area contributed by atoms with Crippen molar-refractivity contribution in [1.29, 1.82) is 0 Å². The van der Waals surface area contributed by atoms with Crippen molar-refractivity contribution < 1.29 is 13.9 Å². The number of amides is 1. The second-order valence-corrected chi connectivity index (χ2v) is 5.87. The Hall–Kier alpha value is -3.21. The molecule has 0 atom stereocenters. The van der Waals surface area contributed by atoms with Crippen LogP contribution in [0, 0.1) is 12.7 Å². The maximum atomic E-state index is 13.6. The fraction of sp³-hybridized carbons (Fsp3) is 0.143. The molecule has 1 N–H and O–H groups in total. The normalized spacial score (nSPS) is 10.4. The summed E-state index contributed by atoms with van der Waals surface area (Å²) in [6.07, 6.45) is 0. The van der Waals surface area contributed by atoms with Crippen molar-refractivity contribution in [2.24, 2.45) is 0 Å². The number of nitrogens with zero attached hydrogens (tertiary/aromatic N) is 1. The van der Waals surface area contributed by atoms with E-state index in [1.165, 1.54) is 6.07 Å². The van der Waals surface area contributed by atoms with Crippen LogP contribution >= 0.6 is 0 Å². The minimum Gasteiger partial charge on any atom is -0.489 e. The molecule has 5 heteroatoms. The summed E-state index contributed by atoms with van der Waals surface area (Å²) < 4.78 is 19.2. The number of hydrogen-bond acceptors (Lipinski definition) is 3. The van der Waals surface area contributed by atoms with Gasteiger partial charge in [0.25, 0.3) is 5.91 Å². The Morgan fingerprint density at radius 3 is 2.54 bits per heavy atom. The quantitative estimate of drug-likeness (QED) is 0.730. The Balaban J connectivity index is 1.53. The second kappa shape index (κ2) is 8.25. The molecule has 4 nitrogen and oxygen atoms in total. The molecule has 3 rings (SSSR count). The molecular formula is C21H19FN2O2. The Morgan fingerprint density at radius 1 is 1.04 bits per heavy atom. The van der Waals surface area contributed by atoms with Crippen molar-refractivity contribution in [3.63, 3.8) is 0 Å². The Morgan fingerprint density at radius 2 is 1.81 bits per heavy atom. The van der Waals surface area contributed by atoms with E-state index >= 15 is 0 Å². The third kappa shape index (κ3) is 4.66. The first-order valence-corrected chi connectivity index (χ1v) is 8.29. The summed E-state index contributed by atoms with van der Waals surface area (Å²) >= 11 is 0. The first-order chi connectivity index (χ1) is 12.6. The van der Waals surface area contributed by atoms with E-state index < -0.39 is 0 Å². The SMILES string of the molecule is Cc1cccc(C(=O)NCc2ccc(OCc3ccccc3F)cc2)n1. The number of pyridine rings is 1. The molecule has 0 radical (unpaired) electrons. The lowest BCUT2D eigenvalue weighted by Crippen LogP contribution is -2.23. The summed E-state index contributed by atoms with van der Waals surface area (Å²) in [4.78, 5) is 16.3. The topological polar surface area (TPSA) is 51.2 Å². The molecule has 0 aliphatic carbocycles. The van der Waals surface area contributed by atoms with Crippen LogP contribution in [0.1, 0.15) is 27.3 Å². The van der Waals surface area contributed by atoms with Gasteiger partial charge in [-0.1, -0.05) is 36.4 Å². The van der Waals surface area contributed by atoms with Crippen LogP contribution in [0.2, 0.25) is 0 Å². The highest BCUT2D eigenvalue weighted by Crippen LogP contribution is 2.15. The molecule has 0 saturated carbocycles. The van der Waals surface area contributed by atoms with Gasteiger partial charge < -0.3 is 10.1 Å². The molecule has 26 heavy (non-hydrogen) atoms. The van der Waals surface area contributed by atoms with Gasteiger partial charge in [-0.15, -0.1) is 0 Å². The van der Waals surface area contributed by atoms with Gasteiger partial charge in [0.2, 0.25) is 0 Å². The molecule has 0 fully saturated rings. The standard InChI is InChI=1S/C21H19FN2O2/c1-15-5-4-8-20(24-15)21(25)23-13-16-9-11-18(12-10-16)26-14-17-6-2-3-7-19(17)22/h2-12H,13-14H2,1H3,(H,23,25). The lowest BCUT2D eigenvalue weighted by atomic mass is 10.2.